The molecule has 10 N–H and O–H groups in total. The van der Waals surface area contributed by atoms with Crippen LogP contribution < -0.4 is 27.8 Å². The first-order valence-corrected chi connectivity index (χ1v) is 9.77. The summed E-state index contributed by atoms with van der Waals surface area (Å²) in [4.78, 5) is 47.3. The number of carbonyl (C=O) groups is 3. The van der Waals surface area contributed by atoms with Crippen LogP contribution in [0, 0.1) is 5.92 Å². The van der Waals surface area contributed by atoms with E-state index in [1.165, 1.54) is 12.5 Å². The molecule has 0 saturated carbocycles. The zero-order valence-corrected chi connectivity index (χ0v) is 17.3. The largest absolute Gasteiger partial charge is 0.480 e. The summed E-state index contributed by atoms with van der Waals surface area (Å²) in [6, 6.07) is -2.94. The Labute approximate surface area is 175 Å². The topological polar surface area (TPSA) is 215 Å². The maximum absolute atomic E-state index is 12.8. The first-order chi connectivity index (χ1) is 14.1. The first kappa shape index (κ1) is 24.9. The van der Waals surface area contributed by atoms with Crippen LogP contribution in [-0.4, -0.2) is 63.5 Å². The minimum Gasteiger partial charge on any atom is -0.480 e. The number of aliphatic imine (C=N–C) groups is 1. The number of rotatable bonds is 13. The normalized spacial score (nSPS) is 14.8. The van der Waals surface area contributed by atoms with Gasteiger partial charge in [0.15, 0.2) is 5.96 Å². The summed E-state index contributed by atoms with van der Waals surface area (Å²) < 4.78 is 0. The lowest BCUT2D eigenvalue weighted by atomic mass is 9.97. The zero-order chi connectivity index (χ0) is 22.7. The Morgan fingerprint density at radius 3 is 2.50 bits per heavy atom. The third kappa shape index (κ3) is 8.47. The molecule has 1 rings (SSSR count). The molecule has 2 amide bonds. The van der Waals surface area contributed by atoms with Gasteiger partial charge in [-0.2, -0.15) is 0 Å². The smallest absolute Gasteiger partial charge is 0.326 e. The minimum atomic E-state index is -1.19. The number of amides is 2. The molecule has 0 aromatic carbocycles. The number of nitrogens with one attached hydrogen (secondary N) is 3. The van der Waals surface area contributed by atoms with Gasteiger partial charge in [0, 0.05) is 24.9 Å². The molecule has 0 aliphatic carbocycles. The van der Waals surface area contributed by atoms with Crippen molar-refractivity contribution in [3.63, 3.8) is 0 Å². The number of aliphatic carboxylic acids is 1. The van der Waals surface area contributed by atoms with Crippen LogP contribution in [0.3, 0.4) is 0 Å². The SMILES string of the molecule is CCC(C)C(NC(=O)C(N)CCCN=C(N)N)C(=O)NC(Cc1cnc[nH]1)C(=O)O. The van der Waals surface area contributed by atoms with E-state index in [0.29, 0.717) is 31.5 Å². The van der Waals surface area contributed by atoms with Crippen molar-refractivity contribution in [1.82, 2.24) is 20.6 Å². The number of carboxylic acids is 1. The molecule has 1 aromatic heterocycles. The van der Waals surface area contributed by atoms with Crippen molar-refractivity contribution in [1.29, 1.82) is 0 Å². The molecule has 0 fully saturated rings. The number of carboxylic acid groups (broad SMARTS) is 1. The highest BCUT2D eigenvalue weighted by molar-refractivity contribution is 5.92. The van der Waals surface area contributed by atoms with E-state index in [-0.39, 0.29) is 18.3 Å². The van der Waals surface area contributed by atoms with E-state index < -0.39 is 35.9 Å². The third-order valence-corrected chi connectivity index (χ3v) is 4.69. The zero-order valence-electron chi connectivity index (χ0n) is 17.3. The highest BCUT2D eigenvalue weighted by Gasteiger charge is 2.31. The van der Waals surface area contributed by atoms with Crippen molar-refractivity contribution in [3.8, 4) is 0 Å². The standard InChI is InChI=1S/C18H32N8O4/c1-3-10(2)14(26-15(27)12(19)5-4-6-23-18(20)21)16(28)25-13(17(29)30)7-11-8-22-9-24-11/h8-10,12-14H,3-7,19H2,1-2H3,(H,22,24)(H,25,28)(H,26,27)(H,29,30)(H4,20,21,23). The second-order valence-corrected chi connectivity index (χ2v) is 7.11. The molecule has 4 unspecified atom stereocenters. The van der Waals surface area contributed by atoms with E-state index in [1.54, 1.807) is 6.92 Å². The predicted octanol–water partition coefficient (Wildman–Crippen LogP) is -1.57. The lowest BCUT2D eigenvalue weighted by Crippen LogP contribution is -2.57. The van der Waals surface area contributed by atoms with Crippen molar-refractivity contribution < 1.29 is 19.5 Å². The van der Waals surface area contributed by atoms with Crippen LogP contribution in [0.1, 0.15) is 38.8 Å². The number of nitrogens with two attached hydrogens (primary N) is 3. The van der Waals surface area contributed by atoms with E-state index in [2.05, 4.69) is 25.6 Å². The number of aromatic amines is 1. The Hall–Kier alpha value is -3.15. The minimum absolute atomic E-state index is 0.0343. The third-order valence-electron chi connectivity index (χ3n) is 4.69. The molecule has 4 atom stereocenters. The molecule has 30 heavy (non-hydrogen) atoms. The highest BCUT2D eigenvalue weighted by Crippen LogP contribution is 2.10. The molecule has 1 heterocycles. The first-order valence-electron chi connectivity index (χ1n) is 9.77. The van der Waals surface area contributed by atoms with Gasteiger partial charge in [0.05, 0.1) is 12.4 Å². The molecule has 0 spiro atoms. The maximum atomic E-state index is 12.8. The molecular formula is C18H32N8O4. The molecular weight excluding hydrogens is 392 g/mol. The molecule has 0 aliphatic rings. The van der Waals surface area contributed by atoms with Crippen LogP contribution in [0.25, 0.3) is 0 Å². The summed E-state index contributed by atoms with van der Waals surface area (Å²) >= 11 is 0. The van der Waals surface area contributed by atoms with Crippen LogP contribution in [0.4, 0.5) is 0 Å². The van der Waals surface area contributed by atoms with Gasteiger partial charge < -0.3 is 37.9 Å². The van der Waals surface area contributed by atoms with Gasteiger partial charge >= 0.3 is 5.97 Å². The number of carbonyl (C=O) groups excluding carboxylic acids is 2. The molecule has 168 valence electrons. The number of hydrogen-bond acceptors (Lipinski definition) is 6. The van der Waals surface area contributed by atoms with Gasteiger partial charge in [0.2, 0.25) is 11.8 Å². The molecule has 12 nitrogen and oxygen atoms in total. The van der Waals surface area contributed by atoms with Crippen molar-refractivity contribution in [2.45, 2.75) is 57.7 Å². The molecule has 0 saturated heterocycles. The van der Waals surface area contributed by atoms with Gasteiger partial charge in [-0.1, -0.05) is 20.3 Å². The van der Waals surface area contributed by atoms with Gasteiger partial charge in [-0.15, -0.1) is 0 Å². The van der Waals surface area contributed by atoms with E-state index in [0.717, 1.165) is 0 Å². The van der Waals surface area contributed by atoms with E-state index in [9.17, 15) is 19.5 Å². The Balaban J connectivity index is 2.74. The Morgan fingerprint density at radius 1 is 1.27 bits per heavy atom. The Morgan fingerprint density at radius 2 is 1.97 bits per heavy atom. The summed E-state index contributed by atoms with van der Waals surface area (Å²) in [7, 11) is 0. The van der Waals surface area contributed by atoms with Gasteiger partial charge in [0.1, 0.15) is 12.1 Å². The van der Waals surface area contributed by atoms with Crippen LogP contribution >= 0.6 is 0 Å². The average molecular weight is 425 g/mol. The lowest BCUT2D eigenvalue weighted by molar-refractivity contribution is -0.142. The molecule has 0 radical (unpaired) electrons. The number of imidazole rings is 1. The van der Waals surface area contributed by atoms with E-state index >= 15 is 0 Å². The van der Waals surface area contributed by atoms with Crippen molar-refractivity contribution in [3.05, 3.63) is 18.2 Å². The summed E-state index contributed by atoms with van der Waals surface area (Å²) in [6.07, 6.45) is 4.36. The van der Waals surface area contributed by atoms with E-state index in [4.69, 9.17) is 17.2 Å². The quantitative estimate of drug-likeness (QED) is 0.111. The van der Waals surface area contributed by atoms with Gasteiger partial charge in [0.25, 0.3) is 0 Å². The summed E-state index contributed by atoms with van der Waals surface area (Å²) in [5.74, 6) is -2.55. The van der Waals surface area contributed by atoms with Gasteiger partial charge in [-0.3, -0.25) is 14.6 Å². The number of nitrogens with zero attached hydrogens (tertiary/aromatic N) is 2. The summed E-state index contributed by atoms with van der Waals surface area (Å²) in [5.41, 5.74) is 17.0. The molecule has 0 bridgehead atoms. The monoisotopic (exact) mass is 424 g/mol. The number of guanidine groups is 1. The second-order valence-electron chi connectivity index (χ2n) is 7.11. The Bertz CT molecular complexity index is 718. The van der Waals surface area contributed by atoms with E-state index in [1.807, 2.05) is 6.92 Å². The molecule has 1 aromatic rings. The fourth-order valence-corrected chi connectivity index (χ4v) is 2.69. The second kappa shape index (κ2) is 12.4. The van der Waals surface area contributed by atoms with Crippen LogP contribution in [-0.2, 0) is 20.8 Å². The fourth-order valence-electron chi connectivity index (χ4n) is 2.69. The predicted molar refractivity (Wildman–Crippen MR) is 111 cm³/mol. The average Bonchev–Trinajstić information content (AvgIpc) is 3.20. The molecule has 12 heteroatoms. The van der Waals surface area contributed by atoms with Crippen LogP contribution in [0.15, 0.2) is 17.5 Å². The summed E-state index contributed by atoms with van der Waals surface area (Å²) in [6.45, 7) is 4.00. The highest BCUT2D eigenvalue weighted by atomic mass is 16.4. The maximum Gasteiger partial charge on any atom is 0.326 e. The fraction of sp³-hybridized carbons (Fsp3) is 0.611. The van der Waals surface area contributed by atoms with Crippen molar-refractivity contribution >= 4 is 23.7 Å². The number of H-pyrrole nitrogens is 1. The molecule has 0 aliphatic heterocycles. The van der Waals surface area contributed by atoms with Crippen LogP contribution in [0.5, 0.6) is 0 Å². The number of aromatic nitrogens is 2. The lowest BCUT2D eigenvalue weighted by Gasteiger charge is -2.26. The Kier molecular flexibility index (Phi) is 10.3. The van der Waals surface area contributed by atoms with Crippen molar-refractivity contribution in [2.24, 2.45) is 28.1 Å². The van der Waals surface area contributed by atoms with Gasteiger partial charge in [-0.25, -0.2) is 9.78 Å². The van der Waals surface area contributed by atoms with Crippen LogP contribution in [0.2, 0.25) is 0 Å². The van der Waals surface area contributed by atoms with Gasteiger partial charge in [-0.05, 0) is 18.8 Å². The summed E-state index contributed by atoms with van der Waals surface area (Å²) in [5, 5.41) is 14.6. The van der Waals surface area contributed by atoms with Crippen molar-refractivity contribution in [2.75, 3.05) is 6.54 Å². The number of hydrogen-bond donors (Lipinski definition) is 7.